The van der Waals surface area contributed by atoms with Gasteiger partial charge in [-0.1, -0.05) is 12.1 Å². The van der Waals surface area contributed by atoms with Gasteiger partial charge in [0.05, 0.1) is 6.61 Å². The van der Waals surface area contributed by atoms with Crippen LogP contribution in [0.3, 0.4) is 0 Å². The Bertz CT molecular complexity index is 323. The molecule has 0 spiro atoms. The minimum Gasteiger partial charge on any atom is -0.493 e. The molecule has 0 bridgehead atoms. The largest absolute Gasteiger partial charge is 0.493 e. The van der Waals surface area contributed by atoms with E-state index in [2.05, 4.69) is 5.32 Å². The molecule has 88 valence electrons. The molecule has 1 heterocycles. The van der Waals surface area contributed by atoms with E-state index >= 15 is 0 Å². The van der Waals surface area contributed by atoms with Gasteiger partial charge in [0.1, 0.15) is 12.4 Å². The van der Waals surface area contributed by atoms with Gasteiger partial charge in [0.25, 0.3) is 0 Å². The zero-order valence-corrected chi connectivity index (χ0v) is 9.42. The molecule has 1 aliphatic heterocycles. The van der Waals surface area contributed by atoms with Crippen LogP contribution in [0.1, 0.15) is 18.4 Å². The fourth-order valence-corrected chi connectivity index (χ4v) is 2.00. The van der Waals surface area contributed by atoms with Crippen LogP contribution >= 0.6 is 0 Å². The van der Waals surface area contributed by atoms with E-state index in [1.165, 1.54) is 12.8 Å². The molecule has 1 unspecified atom stereocenters. The lowest BCUT2D eigenvalue weighted by Gasteiger charge is -2.22. The summed E-state index contributed by atoms with van der Waals surface area (Å²) in [5.41, 5.74) is 0.680. The Morgan fingerprint density at radius 2 is 2.38 bits per heavy atom. The summed E-state index contributed by atoms with van der Waals surface area (Å²) in [6, 6.07) is 7.27. The lowest BCUT2D eigenvalue weighted by Crippen LogP contribution is -2.33. The predicted molar refractivity (Wildman–Crippen MR) is 62.3 cm³/mol. The fraction of sp³-hybridized carbons (Fsp3) is 0.538. The molecule has 3 heteroatoms. The summed E-state index contributed by atoms with van der Waals surface area (Å²) in [5.74, 6) is 1.36. The Kier molecular flexibility index (Phi) is 4.17. The summed E-state index contributed by atoms with van der Waals surface area (Å²) in [7, 11) is 0. The fourth-order valence-electron chi connectivity index (χ4n) is 2.00. The summed E-state index contributed by atoms with van der Waals surface area (Å²) in [5, 5.41) is 3.35. The van der Waals surface area contributed by atoms with Crippen molar-refractivity contribution in [1.29, 1.82) is 0 Å². The number of rotatable bonds is 4. The average Bonchev–Trinajstić information content (AvgIpc) is 2.38. The Morgan fingerprint density at radius 3 is 3.12 bits per heavy atom. The zero-order valence-electron chi connectivity index (χ0n) is 9.42. The number of piperidine rings is 1. The van der Waals surface area contributed by atoms with E-state index < -0.39 is 6.67 Å². The van der Waals surface area contributed by atoms with Gasteiger partial charge in [-0.15, -0.1) is 0 Å². The first-order chi connectivity index (χ1) is 7.88. The van der Waals surface area contributed by atoms with Crippen molar-refractivity contribution >= 4 is 0 Å². The van der Waals surface area contributed by atoms with Crippen molar-refractivity contribution in [3.63, 3.8) is 0 Å². The number of nitrogens with one attached hydrogen (secondary N) is 1. The third-order valence-corrected chi connectivity index (χ3v) is 2.94. The summed E-state index contributed by atoms with van der Waals surface area (Å²) in [6.45, 7) is 2.45. The highest BCUT2D eigenvalue weighted by atomic mass is 19.1. The minimum absolute atomic E-state index is 0.428. The van der Waals surface area contributed by atoms with Gasteiger partial charge in [0.15, 0.2) is 0 Å². The maximum absolute atomic E-state index is 12.4. The molecule has 1 atom stereocenters. The van der Waals surface area contributed by atoms with Crippen LogP contribution in [-0.2, 0) is 6.67 Å². The van der Waals surface area contributed by atoms with E-state index in [4.69, 9.17) is 4.74 Å². The molecule has 0 saturated carbocycles. The Hall–Kier alpha value is -1.09. The molecule has 1 fully saturated rings. The highest BCUT2D eigenvalue weighted by molar-refractivity contribution is 5.28. The summed E-state index contributed by atoms with van der Waals surface area (Å²) >= 11 is 0. The summed E-state index contributed by atoms with van der Waals surface area (Å²) in [4.78, 5) is 0. The van der Waals surface area contributed by atoms with Crippen molar-refractivity contribution < 1.29 is 9.13 Å². The van der Waals surface area contributed by atoms with Crippen LogP contribution in [0.25, 0.3) is 0 Å². The lowest BCUT2D eigenvalue weighted by atomic mass is 10.0. The molecule has 1 N–H and O–H groups in total. The smallest absolute Gasteiger partial charge is 0.119 e. The number of alkyl halides is 1. The quantitative estimate of drug-likeness (QED) is 0.847. The molecule has 0 amide bonds. The molecule has 0 aliphatic carbocycles. The minimum atomic E-state index is -0.428. The standard InChI is InChI=1S/C13H18FNO/c14-8-11-3-1-5-13(7-11)16-10-12-4-2-6-15-9-12/h1,3,5,7,12,15H,2,4,6,8-10H2. The van der Waals surface area contributed by atoms with Gasteiger partial charge in [-0.2, -0.15) is 0 Å². The zero-order chi connectivity index (χ0) is 11.2. The first kappa shape index (κ1) is 11.4. The van der Waals surface area contributed by atoms with E-state index in [0.717, 1.165) is 25.4 Å². The Labute approximate surface area is 95.8 Å². The van der Waals surface area contributed by atoms with Gasteiger partial charge in [-0.05, 0) is 37.1 Å². The first-order valence-corrected chi connectivity index (χ1v) is 5.87. The van der Waals surface area contributed by atoms with E-state index in [1.807, 2.05) is 12.1 Å². The maximum Gasteiger partial charge on any atom is 0.119 e. The number of ether oxygens (including phenoxy) is 1. The predicted octanol–water partition coefficient (Wildman–Crippen LogP) is 2.53. The van der Waals surface area contributed by atoms with Gasteiger partial charge >= 0.3 is 0 Å². The van der Waals surface area contributed by atoms with Gasteiger partial charge in [-0.25, -0.2) is 4.39 Å². The van der Waals surface area contributed by atoms with Gasteiger partial charge < -0.3 is 10.1 Å². The molecule has 1 aromatic rings. The second-order valence-electron chi connectivity index (χ2n) is 4.30. The van der Waals surface area contributed by atoms with E-state index in [1.54, 1.807) is 12.1 Å². The molecule has 0 radical (unpaired) electrons. The van der Waals surface area contributed by atoms with Gasteiger partial charge in [0.2, 0.25) is 0 Å². The first-order valence-electron chi connectivity index (χ1n) is 5.87. The van der Waals surface area contributed by atoms with Crippen molar-refractivity contribution in [2.45, 2.75) is 19.5 Å². The Balaban J connectivity index is 1.83. The van der Waals surface area contributed by atoms with E-state index in [9.17, 15) is 4.39 Å². The van der Waals surface area contributed by atoms with Crippen LogP contribution in [-0.4, -0.2) is 19.7 Å². The van der Waals surface area contributed by atoms with Crippen LogP contribution < -0.4 is 10.1 Å². The van der Waals surface area contributed by atoms with Crippen LogP contribution in [0.2, 0.25) is 0 Å². The monoisotopic (exact) mass is 223 g/mol. The number of halogens is 1. The second kappa shape index (κ2) is 5.85. The summed E-state index contributed by atoms with van der Waals surface area (Å²) < 4.78 is 18.1. The van der Waals surface area contributed by atoms with Crippen LogP contribution in [0.4, 0.5) is 4.39 Å². The van der Waals surface area contributed by atoms with Crippen molar-refractivity contribution in [2.24, 2.45) is 5.92 Å². The molecule has 0 aromatic heterocycles. The molecular weight excluding hydrogens is 205 g/mol. The number of benzene rings is 1. The van der Waals surface area contributed by atoms with Crippen molar-refractivity contribution in [1.82, 2.24) is 5.32 Å². The average molecular weight is 223 g/mol. The third-order valence-electron chi connectivity index (χ3n) is 2.94. The molecular formula is C13H18FNO. The summed E-state index contributed by atoms with van der Waals surface area (Å²) in [6.07, 6.45) is 2.44. The van der Waals surface area contributed by atoms with Crippen molar-refractivity contribution in [2.75, 3.05) is 19.7 Å². The van der Waals surface area contributed by atoms with Crippen LogP contribution in [0.15, 0.2) is 24.3 Å². The van der Waals surface area contributed by atoms with E-state index in [-0.39, 0.29) is 0 Å². The molecule has 1 aliphatic rings. The van der Waals surface area contributed by atoms with Crippen molar-refractivity contribution in [3.05, 3.63) is 29.8 Å². The highest BCUT2D eigenvalue weighted by Gasteiger charge is 2.13. The molecule has 1 aromatic carbocycles. The Morgan fingerprint density at radius 1 is 1.44 bits per heavy atom. The van der Waals surface area contributed by atoms with E-state index in [0.29, 0.717) is 11.5 Å². The highest BCUT2D eigenvalue weighted by Crippen LogP contribution is 2.17. The van der Waals surface area contributed by atoms with Crippen LogP contribution in [0.5, 0.6) is 5.75 Å². The maximum atomic E-state index is 12.4. The third kappa shape index (κ3) is 3.20. The number of hydrogen-bond acceptors (Lipinski definition) is 2. The second-order valence-corrected chi connectivity index (χ2v) is 4.30. The molecule has 16 heavy (non-hydrogen) atoms. The topological polar surface area (TPSA) is 21.3 Å². The SMILES string of the molecule is FCc1cccc(OCC2CCCNC2)c1. The molecule has 2 rings (SSSR count). The molecule has 2 nitrogen and oxygen atoms in total. The normalized spacial score (nSPS) is 20.7. The lowest BCUT2D eigenvalue weighted by molar-refractivity contribution is 0.218. The molecule has 1 saturated heterocycles. The van der Waals surface area contributed by atoms with Gasteiger partial charge in [-0.3, -0.25) is 0 Å². The van der Waals surface area contributed by atoms with Crippen LogP contribution in [0, 0.1) is 5.92 Å². The number of hydrogen-bond donors (Lipinski definition) is 1. The van der Waals surface area contributed by atoms with Gasteiger partial charge in [0, 0.05) is 12.5 Å². The van der Waals surface area contributed by atoms with Crippen molar-refractivity contribution in [3.8, 4) is 5.75 Å².